The van der Waals surface area contributed by atoms with Gasteiger partial charge in [0.25, 0.3) is 0 Å². The SMILES string of the molecule is CCCCC/C=C\C/C=C\CCCCCCCCCC(=O)OC(COC(=O)CCCCCCCCC/C=C\CCCCCCCC)COP(=O)(O)OCC(CO)OC(=O)CCCCCCC/C=C\CCCCCC. The van der Waals surface area contributed by atoms with E-state index in [0.29, 0.717) is 19.3 Å². The third kappa shape index (κ3) is 54.2. The van der Waals surface area contributed by atoms with Gasteiger partial charge in [0.15, 0.2) is 6.10 Å². The molecule has 0 aromatic rings. The number of carbonyl (C=O) groups is 3. The number of hydrogen-bond donors (Lipinski definition) is 2. The van der Waals surface area contributed by atoms with E-state index >= 15 is 0 Å². The average molecular weight is 1070 g/mol. The lowest BCUT2D eigenvalue weighted by Gasteiger charge is -2.21. The highest BCUT2D eigenvalue weighted by atomic mass is 31.2. The first-order chi connectivity index (χ1) is 36.2. The van der Waals surface area contributed by atoms with Crippen LogP contribution in [0.5, 0.6) is 0 Å². The van der Waals surface area contributed by atoms with Crippen molar-refractivity contribution in [1.29, 1.82) is 0 Å². The van der Waals surface area contributed by atoms with Crippen LogP contribution in [-0.2, 0) is 42.2 Å². The largest absolute Gasteiger partial charge is 0.472 e. The van der Waals surface area contributed by atoms with Crippen LogP contribution < -0.4 is 0 Å². The van der Waals surface area contributed by atoms with Crippen LogP contribution in [0, 0.1) is 0 Å². The molecule has 0 radical (unpaired) electrons. The summed E-state index contributed by atoms with van der Waals surface area (Å²) in [6, 6.07) is 0. The predicted molar refractivity (Wildman–Crippen MR) is 307 cm³/mol. The second-order valence-electron chi connectivity index (χ2n) is 20.5. The molecular weight excluding hydrogens is 952 g/mol. The standard InChI is InChI=1S/C62H113O11P/c1-4-7-10-13-16-19-22-25-27-29-31-34-36-39-42-45-48-51-60(64)69-55-59(73-62(66)53-50-47-44-41-38-35-32-30-28-26-23-20-17-14-11-8-5-2)57-71-74(67,68)70-56-58(54-63)72-61(65)52-49-46-43-40-37-33-24-21-18-15-12-9-6-3/h17,20-21,24-28,58-59,63H,4-16,18-19,22-23,29-57H2,1-3H3,(H,67,68)/b20-17-,24-21-,27-25-,28-26-. The minimum absolute atomic E-state index is 0.159. The molecule has 11 nitrogen and oxygen atoms in total. The molecule has 3 unspecified atom stereocenters. The average Bonchev–Trinajstić information content (AvgIpc) is 3.39. The van der Waals surface area contributed by atoms with Crippen molar-refractivity contribution in [2.45, 2.75) is 303 Å². The molecule has 2 N–H and O–H groups in total. The quantitative estimate of drug-likeness (QED) is 0.0197. The number of aliphatic hydroxyl groups excluding tert-OH is 1. The molecule has 0 saturated heterocycles. The Bertz CT molecular complexity index is 1430. The number of hydrogen-bond acceptors (Lipinski definition) is 10. The summed E-state index contributed by atoms with van der Waals surface area (Å²) in [5.41, 5.74) is 0. The molecule has 3 atom stereocenters. The number of allylic oxidation sites excluding steroid dienone is 8. The number of rotatable bonds is 57. The highest BCUT2D eigenvalue weighted by Gasteiger charge is 2.28. The number of phosphoric ester groups is 1. The van der Waals surface area contributed by atoms with Crippen molar-refractivity contribution in [3.63, 3.8) is 0 Å². The fraction of sp³-hybridized carbons (Fsp3) is 0.823. The van der Waals surface area contributed by atoms with Crippen LogP contribution in [0.3, 0.4) is 0 Å². The zero-order chi connectivity index (χ0) is 54.1. The smallest absolute Gasteiger partial charge is 0.462 e. The molecule has 0 fully saturated rings. The van der Waals surface area contributed by atoms with Gasteiger partial charge >= 0.3 is 25.7 Å². The molecule has 12 heteroatoms. The van der Waals surface area contributed by atoms with Crippen molar-refractivity contribution in [2.75, 3.05) is 26.4 Å². The van der Waals surface area contributed by atoms with Gasteiger partial charge in [-0.1, -0.05) is 217 Å². The lowest BCUT2D eigenvalue weighted by Crippen LogP contribution is -2.30. The summed E-state index contributed by atoms with van der Waals surface area (Å²) in [5, 5.41) is 9.82. The first-order valence-corrected chi connectivity index (χ1v) is 32.0. The molecule has 0 amide bonds. The van der Waals surface area contributed by atoms with Gasteiger partial charge in [0.2, 0.25) is 0 Å². The van der Waals surface area contributed by atoms with Crippen molar-refractivity contribution in [1.82, 2.24) is 0 Å². The van der Waals surface area contributed by atoms with Crippen molar-refractivity contribution in [3.8, 4) is 0 Å². The monoisotopic (exact) mass is 1060 g/mol. The second-order valence-corrected chi connectivity index (χ2v) is 22.0. The number of esters is 3. The van der Waals surface area contributed by atoms with Gasteiger partial charge in [0.1, 0.15) is 12.7 Å². The van der Waals surface area contributed by atoms with Crippen LogP contribution in [0.25, 0.3) is 0 Å². The zero-order valence-electron chi connectivity index (χ0n) is 47.8. The third-order valence-electron chi connectivity index (χ3n) is 13.2. The van der Waals surface area contributed by atoms with Gasteiger partial charge in [0.05, 0.1) is 19.8 Å². The molecule has 0 aliphatic carbocycles. The summed E-state index contributed by atoms with van der Waals surface area (Å²) in [5.74, 6) is -1.47. The number of ether oxygens (including phenoxy) is 3. The molecular formula is C62H113O11P. The Morgan fingerprint density at radius 3 is 1.05 bits per heavy atom. The minimum atomic E-state index is -4.75. The Kier molecular flexibility index (Phi) is 54.7. The van der Waals surface area contributed by atoms with E-state index in [9.17, 15) is 28.9 Å². The van der Waals surface area contributed by atoms with E-state index in [1.165, 1.54) is 128 Å². The van der Waals surface area contributed by atoms with E-state index in [0.717, 1.165) is 103 Å². The molecule has 0 saturated carbocycles. The van der Waals surface area contributed by atoms with Crippen molar-refractivity contribution >= 4 is 25.7 Å². The summed E-state index contributed by atoms with van der Waals surface area (Å²) in [7, 11) is -4.75. The zero-order valence-corrected chi connectivity index (χ0v) is 48.7. The van der Waals surface area contributed by atoms with Crippen LogP contribution >= 0.6 is 7.82 Å². The Morgan fingerprint density at radius 1 is 0.378 bits per heavy atom. The summed E-state index contributed by atoms with van der Waals surface area (Å²) in [6.07, 6.45) is 60.6. The van der Waals surface area contributed by atoms with Gasteiger partial charge in [-0.05, 0) is 103 Å². The van der Waals surface area contributed by atoms with Crippen LogP contribution in [0.1, 0.15) is 290 Å². The maximum Gasteiger partial charge on any atom is 0.472 e. The summed E-state index contributed by atoms with van der Waals surface area (Å²) >= 11 is 0. The maximum absolute atomic E-state index is 12.9. The molecule has 0 spiro atoms. The topological polar surface area (TPSA) is 155 Å². The fourth-order valence-corrected chi connectivity index (χ4v) is 9.28. The van der Waals surface area contributed by atoms with Gasteiger partial charge < -0.3 is 24.2 Å². The normalized spacial score (nSPS) is 13.6. The van der Waals surface area contributed by atoms with Gasteiger partial charge in [-0.2, -0.15) is 0 Å². The van der Waals surface area contributed by atoms with Gasteiger partial charge in [-0.3, -0.25) is 23.4 Å². The molecule has 0 heterocycles. The molecule has 432 valence electrons. The van der Waals surface area contributed by atoms with Crippen LogP contribution in [0.2, 0.25) is 0 Å². The van der Waals surface area contributed by atoms with E-state index in [-0.39, 0.29) is 25.9 Å². The Balaban J connectivity index is 4.72. The second kappa shape index (κ2) is 56.6. The van der Waals surface area contributed by atoms with Gasteiger partial charge in [-0.25, -0.2) is 4.57 Å². The molecule has 0 aliphatic rings. The predicted octanol–water partition coefficient (Wildman–Crippen LogP) is 18.1. The summed E-state index contributed by atoms with van der Waals surface area (Å²) in [4.78, 5) is 48.6. The lowest BCUT2D eigenvalue weighted by atomic mass is 10.1. The lowest BCUT2D eigenvalue weighted by molar-refractivity contribution is -0.161. The third-order valence-corrected chi connectivity index (χ3v) is 14.1. The molecule has 0 rings (SSSR count). The Hall–Kier alpha value is -2.56. The number of unbranched alkanes of at least 4 members (excludes halogenated alkanes) is 32. The fourth-order valence-electron chi connectivity index (χ4n) is 8.49. The Labute approximate surface area is 453 Å². The van der Waals surface area contributed by atoms with E-state index in [4.69, 9.17) is 23.3 Å². The molecule has 0 aromatic carbocycles. The number of phosphoric acid groups is 1. The van der Waals surface area contributed by atoms with Gasteiger partial charge in [-0.15, -0.1) is 0 Å². The maximum atomic E-state index is 12.9. The van der Waals surface area contributed by atoms with Crippen molar-refractivity contribution in [2.24, 2.45) is 0 Å². The van der Waals surface area contributed by atoms with E-state index in [1.807, 2.05) is 0 Å². The molecule has 0 bridgehead atoms. The first kappa shape index (κ1) is 71.4. The van der Waals surface area contributed by atoms with Crippen LogP contribution in [0.15, 0.2) is 48.6 Å². The van der Waals surface area contributed by atoms with Crippen LogP contribution in [-0.4, -0.2) is 66.5 Å². The van der Waals surface area contributed by atoms with E-state index in [2.05, 4.69) is 69.4 Å². The van der Waals surface area contributed by atoms with Crippen molar-refractivity contribution in [3.05, 3.63) is 48.6 Å². The van der Waals surface area contributed by atoms with Gasteiger partial charge in [0, 0.05) is 19.3 Å². The van der Waals surface area contributed by atoms with E-state index in [1.54, 1.807) is 0 Å². The highest BCUT2D eigenvalue weighted by Crippen LogP contribution is 2.43. The molecule has 0 aliphatic heterocycles. The highest BCUT2D eigenvalue weighted by molar-refractivity contribution is 7.47. The van der Waals surface area contributed by atoms with Crippen LogP contribution in [0.4, 0.5) is 0 Å². The van der Waals surface area contributed by atoms with E-state index < -0.39 is 57.8 Å². The number of aliphatic hydroxyl groups is 1. The van der Waals surface area contributed by atoms with Crippen molar-refractivity contribution < 1.29 is 52.2 Å². The molecule has 0 aromatic heterocycles. The summed E-state index contributed by atoms with van der Waals surface area (Å²) < 4.78 is 39.6. The molecule has 74 heavy (non-hydrogen) atoms. The first-order valence-electron chi connectivity index (χ1n) is 30.5. The summed E-state index contributed by atoms with van der Waals surface area (Å²) in [6.45, 7) is 4.61. The number of carbonyl (C=O) groups excluding carboxylic acids is 3. The Morgan fingerprint density at radius 2 is 0.662 bits per heavy atom. The minimum Gasteiger partial charge on any atom is -0.462 e.